The van der Waals surface area contributed by atoms with Crippen LogP contribution in [0.5, 0.6) is 5.75 Å². The average Bonchev–Trinajstić information content (AvgIpc) is 2.50. The molecule has 0 aliphatic rings. The van der Waals surface area contributed by atoms with E-state index in [1.54, 1.807) is 0 Å². The highest BCUT2D eigenvalue weighted by atomic mass is 35.5. The molecule has 0 fully saturated rings. The van der Waals surface area contributed by atoms with Crippen molar-refractivity contribution >= 4 is 17.5 Å². The van der Waals surface area contributed by atoms with Gasteiger partial charge < -0.3 is 10.1 Å². The van der Waals surface area contributed by atoms with Crippen LogP contribution in [0, 0.1) is 20.8 Å². The van der Waals surface area contributed by atoms with Crippen LogP contribution in [0.3, 0.4) is 0 Å². The van der Waals surface area contributed by atoms with Gasteiger partial charge in [-0.3, -0.25) is 4.79 Å². The Hall–Kier alpha value is -2.00. The summed E-state index contributed by atoms with van der Waals surface area (Å²) in [6.45, 7) is 6.36. The average molecular weight is 318 g/mol. The van der Waals surface area contributed by atoms with E-state index in [4.69, 9.17) is 16.3 Å². The topological polar surface area (TPSA) is 38.3 Å². The Morgan fingerprint density at radius 2 is 1.68 bits per heavy atom. The van der Waals surface area contributed by atoms with Crippen molar-refractivity contribution < 1.29 is 9.53 Å². The molecule has 116 valence electrons. The number of ether oxygens (including phenoxy) is 1. The molecule has 0 aliphatic carbocycles. The van der Waals surface area contributed by atoms with E-state index in [1.807, 2.05) is 57.2 Å². The smallest absolute Gasteiger partial charge is 0.258 e. The van der Waals surface area contributed by atoms with Crippen molar-refractivity contribution in [2.75, 3.05) is 6.61 Å². The van der Waals surface area contributed by atoms with E-state index in [1.165, 1.54) is 5.56 Å². The zero-order chi connectivity index (χ0) is 16.1. The minimum Gasteiger partial charge on any atom is -0.484 e. The first-order chi connectivity index (χ1) is 10.5. The van der Waals surface area contributed by atoms with Crippen LogP contribution in [0.4, 0.5) is 0 Å². The van der Waals surface area contributed by atoms with E-state index in [2.05, 4.69) is 5.32 Å². The lowest BCUT2D eigenvalue weighted by atomic mass is 10.1. The van der Waals surface area contributed by atoms with E-state index >= 15 is 0 Å². The van der Waals surface area contributed by atoms with Crippen molar-refractivity contribution in [2.24, 2.45) is 0 Å². The van der Waals surface area contributed by atoms with E-state index in [0.717, 1.165) is 21.7 Å². The largest absolute Gasteiger partial charge is 0.484 e. The summed E-state index contributed by atoms with van der Waals surface area (Å²) in [5.41, 5.74) is 4.15. The SMILES string of the molecule is Cc1ccc(CNC(=O)COc2cc(C)c(Cl)c(C)c2)cc1. The summed E-state index contributed by atoms with van der Waals surface area (Å²) in [4.78, 5) is 11.8. The van der Waals surface area contributed by atoms with Crippen LogP contribution in [-0.4, -0.2) is 12.5 Å². The number of amides is 1. The number of benzene rings is 2. The number of halogens is 1. The van der Waals surface area contributed by atoms with E-state index < -0.39 is 0 Å². The molecule has 0 aromatic heterocycles. The number of hydrogen-bond acceptors (Lipinski definition) is 2. The highest BCUT2D eigenvalue weighted by molar-refractivity contribution is 6.32. The zero-order valence-corrected chi connectivity index (χ0v) is 13.8. The second-order valence-electron chi connectivity index (χ2n) is 5.42. The van der Waals surface area contributed by atoms with Gasteiger partial charge in [-0.05, 0) is 49.6 Å². The van der Waals surface area contributed by atoms with Crippen molar-refractivity contribution in [3.05, 3.63) is 63.7 Å². The van der Waals surface area contributed by atoms with Crippen LogP contribution in [0.15, 0.2) is 36.4 Å². The maximum atomic E-state index is 11.8. The molecule has 0 saturated carbocycles. The lowest BCUT2D eigenvalue weighted by Crippen LogP contribution is -2.28. The molecule has 1 amide bonds. The van der Waals surface area contributed by atoms with Crippen LogP contribution in [0.25, 0.3) is 0 Å². The Kier molecular flexibility index (Phi) is 5.45. The van der Waals surface area contributed by atoms with E-state index in [9.17, 15) is 4.79 Å². The number of aryl methyl sites for hydroxylation is 3. The van der Waals surface area contributed by atoms with Crippen molar-refractivity contribution in [2.45, 2.75) is 27.3 Å². The summed E-state index contributed by atoms with van der Waals surface area (Å²) >= 11 is 6.11. The molecule has 0 spiro atoms. The summed E-state index contributed by atoms with van der Waals surface area (Å²) in [7, 11) is 0. The minimum atomic E-state index is -0.147. The Bertz CT molecular complexity index is 642. The molecule has 0 heterocycles. The van der Waals surface area contributed by atoms with Gasteiger partial charge in [-0.15, -0.1) is 0 Å². The van der Waals surface area contributed by atoms with Gasteiger partial charge in [-0.25, -0.2) is 0 Å². The van der Waals surface area contributed by atoms with Gasteiger partial charge in [0, 0.05) is 11.6 Å². The maximum Gasteiger partial charge on any atom is 0.258 e. The molecule has 0 aliphatic heterocycles. The fraction of sp³-hybridized carbons (Fsp3) is 0.278. The van der Waals surface area contributed by atoms with Crippen LogP contribution < -0.4 is 10.1 Å². The molecule has 1 N–H and O–H groups in total. The molecule has 4 heteroatoms. The Morgan fingerprint density at radius 1 is 1.09 bits per heavy atom. The highest BCUT2D eigenvalue weighted by Crippen LogP contribution is 2.25. The van der Waals surface area contributed by atoms with Gasteiger partial charge in [0.2, 0.25) is 0 Å². The Morgan fingerprint density at radius 3 is 2.27 bits per heavy atom. The van der Waals surface area contributed by atoms with Crippen LogP contribution in [0.2, 0.25) is 5.02 Å². The molecule has 2 rings (SSSR count). The quantitative estimate of drug-likeness (QED) is 0.906. The van der Waals surface area contributed by atoms with Crippen molar-refractivity contribution in [1.82, 2.24) is 5.32 Å². The molecule has 0 bridgehead atoms. The highest BCUT2D eigenvalue weighted by Gasteiger charge is 2.06. The minimum absolute atomic E-state index is 0.00757. The normalized spacial score (nSPS) is 10.4. The number of carbonyl (C=O) groups is 1. The van der Waals surface area contributed by atoms with Crippen LogP contribution in [0.1, 0.15) is 22.3 Å². The molecule has 0 radical (unpaired) electrons. The van der Waals surface area contributed by atoms with Gasteiger partial charge in [0.05, 0.1) is 0 Å². The molecule has 2 aromatic rings. The van der Waals surface area contributed by atoms with Crippen molar-refractivity contribution in [1.29, 1.82) is 0 Å². The number of nitrogens with one attached hydrogen (secondary N) is 1. The van der Waals surface area contributed by atoms with Crippen molar-refractivity contribution in [3.8, 4) is 5.75 Å². The Balaban J connectivity index is 1.84. The first kappa shape index (κ1) is 16.4. The van der Waals surface area contributed by atoms with Gasteiger partial charge in [-0.2, -0.15) is 0 Å². The Labute approximate surface area is 136 Å². The molecule has 22 heavy (non-hydrogen) atoms. The zero-order valence-electron chi connectivity index (χ0n) is 13.1. The summed E-state index contributed by atoms with van der Waals surface area (Å²) in [6, 6.07) is 11.7. The van der Waals surface area contributed by atoms with Gasteiger partial charge in [-0.1, -0.05) is 41.4 Å². The number of carbonyl (C=O) groups excluding carboxylic acids is 1. The third-order valence-electron chi connectivity index (χ3n) is 3.39. The summed E-state index contributed by atoms with van der Waals surface area (Å²) < 4.78 is 5.52. The van der Waals surface area contributed by atoms with Gasteiger partial charge >= 0.3 is 0 Å². The predicted molar refractivity (Wildman–Crippen MR) is 89.4 cm³/mol. The summed E-state index contributed by atoms with van der Waals surface area (Å²) in [6.07, 6.45) is 0. The molecular formula is C18H20ClNO2. The van der Waals surface area contributed by atoms with Crippen LogP contribution in [-0.2, 0) is 11.3 Å². The third kappa shape index (κ3) is 4.50. The number of rotatable bonds is 5. The molecule has 0 unspecified atom stereocenters. The van der Waals surface area contributed by atoms with E-state index in [0.29, 0.717) is 12.3 Å². The van der Waals surface area contributed by atoms with Gasteiger partial charge in [0.15, 0.2) is 6.61 Å². The van der Waals surface area contributed by atoms with Gasteiger partial charge in [0.1, 0.15) is 5.75 Å². The van der Waals surface area contributed by atoms with Gasteiger partial charge in [0.25, 0.3) is 5.91 Å². The second-order valence-corrected chi connectivity index (χ2v) is 5.80. The lowest BCUT2D eigenvalue weighted by molar-refractivity contribution is -0.123. The summed E-state index contributed by atoms with van der Waals surface area (Å²) in [5, 5.41) is 3.57. The predicted octanol–water partition coefficient (Wildman–Crippen LogP) is 3.96. The fourth-order valence-corrected chi connectivity index (χ4v) is 2.21. The molecule has 0 saturated heterocycles. The molecular weight excluding hydrogens is 298 g/mol. The third-order valence-corrected chi connectivity index (χ3v) is 3.99. The fourth-order valence-electron chi connectivity index (χ4n) is 2.10. The van der Waals surface area contributed by atoms with E-state index in [-0.39, 0.29) is 12.5 Å². The lowest BCUT2D eigenvalue weighted by Gasteiger charge is -2.10. The first-order valence-corrected chi connectivity index (χ1v) is 7.55. The monoisotopic (exact) mass is 317 g/mol. The molecule has 0 atom stereocenters. The standard InChI is InChI=1S/C18H20ClNO2/c1-12-4-6-15(7-5-12)10-20-17(21)11-22-16-8-13(2)18(19)14(3)9-16/h4-9H,10-11H2,1-3H3,(H,20,21). The number of hydrogen-bond donors (Lipinski definition) is 1. The molecule has 2 aromatic carbocycles. The second kappa shape index (κ2) is 7.32. The maximum absolute atomic E-state index is 11.8. The van der Waals surface area contributed by atoms with Crippen LogP contribution >= 0.6 is 11.6 Å². The summed E-state index contributed by atoms with van der Waals surface area (Å²) in [5.74, 6) is 0.510. The molecule has 3 nitrogen and oxygen atoms in total. The van der Waals surface area contributed by atoms with Crippen molar-refractivity contribution in [3.63, 3.8) is 0 Å². The first-order valence-electron chi connectivity index (χ1n) is 7.17.